The number of nitrogens with two attached hydrogens (primary N) is 1. The van der Waals surface area contributed by atoms with Gasteiger partial charge in [-0.2, -0.15) is 18.3 Å². The van der Waals surface area contributed by atoms with Gasteiger partial charge in [0.2, 0.25) is 5.91 Å². The minimum absolute atomic E-state index is 0.166. The molecule has 118 valence electrons. The predicted molar refractivity (Wildman–Crippen MR) is 68.5 cm³/mol. The molecule has 0 radical (unpaired) electrons. The fourth-order valence-corrected chi connectivity index (χ4v) is 2.25. The van der Waals surface area contributed by atoms with Crippen molar-refractivity contribution in [3.05, 3.63) is 12.4 Å². The van der Waals surface area contributed by atoms with Gasteiger partial charge in [0, 0.05) is 26.0 Å². The van der Waals surface area contributed by atoms with Crippen LogP contribution in [-0.2, 0) is 16.1 Å². The van der Waals surface area contributed by atoms with Crippen molar-refractivity contribution in [3.63, 3.8) is 0 Å². The first-order valence-electron chi connectivity index (χ1n) is 6.53. The second-order valence-electron chi connectivity index (χ2n) is 5.09. The van der Waals surface area contributed by atoms with Crippen LogP contribution >= 0.6 is 0 Å². The van der Waals surface area contributed by atoms with Crippen molar-refractivity contribution >= 4 is 11.6 Å². The molecule has 1 aliphatic heterocycles. The van der Waals surface area contributed by atoms with Crippen LogP contribution in [0, 0.1) is 5.41 Å². The van der Waals surface area contributed by atoms with Gasteiger partial charge in [-0.05, 0) is 12.8 Å². The zero-order valence-electron chi connectivity index (χ0n) is 11.3. The lowest BCUT2D eigenvalue weighted by Crippen LogP contribution is -2.46. The zero-order chi connectivity index (χ0) is 15.5. The van der Waals surface area contributed by atoms with Crippen LogP contribution < -0.4 is 11.1 Å². The third-order valence-electron chi connectivity index (χ3n) is 3.55. The van der Waals surface area contributed by atoms with Crippen LogP contribution in [0.5, 0.6) is 0 Å². The number of carbonyl (C=O) groups excluding carboxylic acids is 1. The SMILES string of the molecule is NCC1(C(=O)Nc2cnn(CC(F)(F)F)c2)CCOCC1. The Labute approximate surface area is 119 Å². The van der Waals surface area contributed by atoms with E-state index in [4.69, 9.17) is 10.5 Å². The summed E-state index contributed by atoms with van der Waals surface area (Å²) in [6.45, 7) is -0.145. The molecule has 1 fully saturated rings. The molecule has 6 nitrogen and oxygen atoms in total. The Morgan fingerprint density at radius 3 is 2.71 bits per heavy atom. The number of carbonyl (C=O) groups is 1. The van der Waals surface area contributed by atoms with Crippen LogP contribution in [0.4, 0.5) is 18.9 Å². The Kier molecular flexibility index (Phi) is 4.52. The van der Waals surface area contributed by atoms with Crippen LogP contribution in [0.3, 0.4) is 0 Å². The maximum absolute atomic E-state index is 12.3. The molecule has 0 bridgehead atoms. The summed E-state index contributed by atoms with van der Waals surface area (Å²) >= 11 is 0. The second-order valence-corrected chi connectivity index (χ2v) is 5.09. The minimum atomic E-state index is -4.35. The van der Waals surface area contributed by atoms with E-state index in [-0.39, 0.29) is 18.1 Å². The van der Waals surface area contributed by atoms with Gasteiger partial charge < -0.3 is 15.8 Å². The van der Waals surface area contributed by atoms with Crippen molar-refractivity contribution in [2.45, 2.75) is 25.6 Å². The number of nitrogens with zero attached hydrogens (tertiary/aromatic N) is 2. The molecule has 21 heavy (non-hydrogen) atoms. The smallest absolute Gasteiger partial charge is 0.381 e. The maximum Gasteiger partial charge on any atom is 0.408 e. The number of nitrogens with one attached hydrogen (secondary N) is 1. The van der Waals surface area contributed by atoms with Gasteiger partial charge in [-0.3, -0.25) is 9.48 Å². The molecule has 1 aliphatic rings. The van der Waals surface area contributed by atoms with Gasteiger partial charge in [0.25, 0.3) is 0 Å². The molecule has 0 saturated carbocycles. The molecule has 1 saturated heterocycles. The quantitative estimate of drug-likeness (QED) is 0.874. The molecule has 9 heteroatoms. The number of aromatic nitrogens is 2. The molecule has 3 N–H and O–H groups in total. The van der Waals surface area contributed by atoms with Crippen molar-refractivity contribution in [2.75, 3.05) is 25.1 Å². The molecular weight excluding hydrogens is 289 g/mol. The number of rotatable bonds is 4. The van der Waals surface area contributed by atoms with E-state index in [1.807, 2.05) is 0 Å². The van der Waals surface area contributed by atoms with E-state index in [0.717, 1.165) is 10.9 Å². The topological polar surface area (TPSA) is 82.2 Å². The lowest BCUT2D eigenvalue weighted by Gasteiger charge is -2.34. The van der Waals surface area contributed by atoms with E-state index in [0.29, 0.717) is 26.1 Å². The Hall–Kier alpha value is -1.61. The molecule has 0 atom stereocenters. The first-order valence-corrected chi connectivity index (χ1v) is 6.53. The number of hydrogen-bond donors (Lipinski definition) is 2. The van der Waals surface area contributed by atoms with E-state index < -0.39 is 18.1 Å². The second kappa shape index (κ2) is 6.02. The predicted octanol–water partition coefficient (Wildman–Crippen LogP) is 1.14. The Morgan fingerprint density at radius 2 is 2.14 bits per heavy atom. The number of hydrogen-bond acceptors (Lipinski definition) is 4. The highest BCUT2D eigenvalue weighted by atomic mass is 19.4. The number of ether oxygens (including phenoxy) is 1. The highest BCUT2D eigenvalue weighted by Gasteiger charge is 2.39. The molecule has 0 aliphatic carbocycles. The molecule has 1 aromatic heterocycles. The molecular formula is C12H17F3N4O2. The summed E-state index contributed by atoms with van der Waals surface area (Å²) < 4.78 is 42.7. The van der Waals surface area contributed by atoms with Crippen LogP contribution in [0.15, 0.2) is 12.4 Å². The highest BCUT2D eigenvalue weighted by molar-refractivity contribution is 5.95. The van der Waals surface area contributed by atoms with Gasteiger partial charge in [0.05, 0.1) is 17.3 Å². The molecule has 0 aromatic carbocycles. The Morgan fingerprint density at radius 1 is 1.48 bits per heavy atom. The van der Waals surface area contributed by atoms with Gasteiger partial charge in [0.1, 0.15) is 6.54 Å². The molecule has 1 aromatic rings. The van der Waals surface area contributed by atoms with Gasteiger partial charge in [-0.15, -0.1) is 0 Å². The normalized spacial score (nSPS) is 18.5. The average Bonchev–Trinajstić information content (AvgIpc) is 2.84. The fourth-order valence-electron chi connectivity index (χ4n) is 2.25. The van der Waals surface area contributed by atoms with Crippen molar-refractivity contribution in [2.24, 2.45) is 11.1 Å². The van der Waals surface area contributed by atoms with E-state index in [1.54, 1.807) is 0 Å². The summed E-state index contributed by atoms with van der Waals surface area (Å²) in [5.74, 6) is -0.306. The van der Waals surface area contributed by atoms with Gasteiger partial charge >= 0.3 is 6.18 Å². The first-order chi connectivity index (χ1) is 9.85. The summed E-state index contributed by atoms with van der Waals surface area (Å²) in [5.41, 5.74) is 5.19. The third-order valence-corrected chi connectivity index (χ3v) is 3.55. The number of anilines is 1. The molecule has 2 rings (SSSR count). The van der Waals surface area contributed by atoms with E-state index in [9.17, 15) is 18.0 Å². The zero-order valence-corrected chi connectivity index (χ0v) is 11.3. The van der Waals surface area contributed by atoms with Crippen LogP contribution in [0.25, 0.3) is 0 Å². The van der Waals surface area contributed by atoms with Crippen molar-refractivity contribution in [1.29, 1.82) is 0 Å². The van der Waals surface area contributed by atoms with Crippen LogP contribution in [0.2, 0.25) is 0 Å². The van der Waals surface area contributed by atoms with Gasteiger partial charge in [0.15, 0.2) is 0 Å². The van der Waals surface area contributed by atoms with E-state index in [2.05, 4.69) is 10.4 Å². The summed E-state index contributed by atoms with van der Waals surface area (Å²) in [6, 6.07) is 0. The third kappa shape index (κ3) is 3.94. The first kappa shape index (κ1) is 15.8. The van der Waals surface area contributed by atoms with Crippen LogP contribution in [0.1, 0.15) is 12.8 Å². The number of halogens is 3. The Balaban J connectivity index is 2.02. The number of alkyl halides is 3. The van der Waals surface area contributed by atoms with Crippen LogP contribution in [-0.4, -0.2) is 41.6 Å². The lowest BCUT2D eigenvalue weighted by molar-refractivity contribution is -0.142. The van der Waals surface area contributed by atoms with Gasteiger partial charge in [-0.1, -0.05) is 0 Å². The van der Waals surface area contributed by atoms with Crippen molar-refractivity contribution < 1.29 is 22.7 Å². The lowest BCUT2D eigenvalue weighted by atomic mass is 9.79. The Bertz CT molecular complexity index is 495. The van der Waals surface area contributed by atoms with E-state index in [1.165, 1.54) is 6.20 Å². The largest absolute Gasteiger partial charge is 0.408 e. The standard InChI is InChI=1S/C12H17F3N4O2/c13-12(14,15)8-19-6-9(5-17-19)18-10(20)11(7-16)1-3-21-4-2-11/h5-6H,1-4,7-8,16H2,(H,18,20). The average molecular weight is 306 g/mol. The monoisotopic (exact) mass is 306 g/mol. The highest BCUT2D eigenvalue weighted by Crippen LogP contribution is 2.31. The maximum atomic E-state index is 12.3. The minimum Gasteiger partial charge on any atom is -0.381 e. The van der Waals surface area contributed by atoms with Crippen molar-refractivity contribution in [1.82, 2.24) is 9.78 Å². The molecule has 2 heterocycles. The van der Waals surface area contributed by atoms with Gasteiger partial charge in [-0.25, -0.2) is 0 Å². The van der Waals surface area contributed by atoms with E-state index >= 15 is 0 Å². The number of amides is 1. The molecule has 0 spiro atoms. The summed E-state index contributed by atoms with van der Waals surface area (Å²) in [6.07, 6.45) is -1.04. The summed E-state index contributed by atoms with van der Waals surface area (Å²) in [5, 5.41) is 6.16. The fraction of sp³-hybridized carbons (Fsp3) is 0.667. The molecule has 0 unspecified atom stereocenters. The van der Waals surface area contributed by atoms with Crippen molar-refractivity contribution in [3.8, 4) is 0 Å². The summed E-state index contributed by atoms with van der Waals surface area (Å²) in [7, 11) is 0. The molecule has 1 amide bonds. The summed E-state index contributed by atoms with van der Waals surface area (Å²) in [4.78, 5) is 12.3.